The molecule has 0 fully saturated rings. The largest absolute Gasteiger partial charge is 0.478 e. The molecule has 2 aromatic carbocycles. The molecule has 0 amide bonds. The van der Waals surface area contributed by atoms with E-state index >= 15 is 0 Å². The maximum absolute atomic E-state index is 13.8. The van der Waals surface area contributed by atoms with Crippen molar-refractivity contribution in [3.8, 4) is 6.07 Å². The van der Waals surface area contributed by atoms with Crippen molar-refractivity contribution < 1.29 is 14.3 Å². The molecule has 100 valence electrons. The van der Waals surface area contributed by atoms with Gasteiger partial charge in [-0.25, -0.2) is 9.18 Å². The minimum Gasteiger partial charge on any atom is -0.478 e. The zero-order valence-corrected chi connectivity index (χ0v) is 10.8. The third-order valence-electron chi connectivity index (χ3n) is 2.60. The number of halogens is 2. The van der Waals surface area contributed by atoms with Crippen molar-refractivity contribution in [1.82, 2.24) is 0 Å². The van der Waals surface area contributed by atoms with E-state index in [4.69, 9.17) is 22.0 Å². The molecule has 2 aromatic rings. The van der Waals surface area contributed by atoms with E-state index in [0.29, 0.717) is 11.3 Å². The Kier molecular flexibility index (Phi) is 3.87. The van der Waals surface area contributed by atoms with Gasteiger partial charge in [0.05, 0.1) is 33.6 Å². The van der Waals surface area contributed by atoms with Crippen LogP contribution in [0.4, 0.5) is 15.8 Å². The molecule has 0 unspecified atom stereocenters. The summed E-state index contributed by atoms with van der Waals surface area (Å²) in [7, 11) is 0. The summed E-state index contributed by atoms with van der Waals surface area (Å²) in [5.41, 5.74) is 0.294. The van der Waals surface area contributed by atoms with Crippen LogP contribution in [0.3, 0.4) is 0 Å². The number of para-hydroxylation sites is 1. The van der Waals surface area contributed by atoms with Crippen LogP contribution in [0, 0.1) is 17.1 Å². The Morgan fingerprint density at radius 1 is 1.35 bits per heavy atom. The number of carboxylic acid groups (broad SMARTS) is 1. The van der Waals surface area contributed by atoms with Gasteiger partial charge in [-0.2, -0.15) is 5.26 Å². The lowest BCUT2D eigenvalue weighted by atomic mass is 10.1. The smallest absolute Gasteiger partial charge is 0.337 e. The van der Waals surface area contributed by atoms with Gasteiger partial charge in [0.2, 0.25) is 0 Å². The highest BCUT2D eigenvalue weighted by Gasteiger charge is 2.15. The highest BCUT2D eigenvalue weighted by atomic mass is 35.5. The fourth-order valence-corrected chi connectivity index (χ4v) is 1.88. The summed E-state index contributed by atoms with van der Waals surface area (Å²) < 4.78 is 13.8. The number of carbonyl (C=O) groups is 1. The van der Waals surface area contributed by atoms with Gasteiger partial charge in [-0.3, -0.25) is 0 Å². The van der Waals surface area contributed by atoms with E-state index in [0.717, 1.165) is 6.07 Å². The average Bonchev–Trinajstić information content (AvgIpc) is 2.42. The van der Waals surface area contributed by atoms with Crippen molar-refractivity contribution in [2.75, 3.05) is 5.32 Å². The molecule has 0 aromatic heterocycles. The Bertz CT molecular complexity index is 726. The summed E-state index contributed by atoms with van der Waals surface area (Å²) in [5.74, 6) is -1.96. The molecule has 0 bridgehead atoms. The van der Waals surface area contributed by atoms with Crippen LogP contribution in [-0.4, -0.2) is 11.1 Å². The molecule has 0 spiro atoms. The molecule has 0 saturated heterocycles. The second-order valence-electron chi connectivity index (χ2n) is 3.90. The molecule has 0 saturated carbocycles. The molecule has 0 aliphatic carbocycles. The number of rotatable bonds is 3. The van der Waals surface area contributed by atoms with Crippen LogP contribution >= 0.6 is 11.6 Å². The molecule has 6 heteroatoms. The fraction of sp³-hybridized carbons (Fsp3) is 0. The fourth-order valence-electron chi connectivity index (χ4n) is 1.65. The van der Waals surface area contributed by atoms with Crippen molar-refractivity contribution in [1.29, 1.82) is 5.26 Å². The van der Waals surface area contributed by atoms with Crippen LogP contribution in [0.2, 0.25) is 5.02 Å². The van der Waals surface area contributed by atoms with Crippen molar-refractivity contribution in [3.05, 3.63) is 58.4 Å². The van der Waals surface area contributed by atoms with E-state index in [1.807, 2.05) is 6.07 Å². The maximum atomic E-state index is 13.8. The second-order valence-corrected chi connectivity index (χ2v) is 4.31. The first-order valence-electron chi connectivity index (χ1n) is 5.51. The van der Waals surface area contributed by atoms with Crippen molar-refractivity contribution in [2.45, 2.75) is 0 Å². The van der Waals surface area contributed by atoms with E-state index in [1.165, 1.54) is 30.3 Å². The number of nitriles is 1. The first kappa shape index (κ1) is 13.8. The lowest BCUT2D eigenvalue weighted by molar-refractivity contribution is 0.0697. The van der Waals surface area contributed by atoms with Gasteiger partial charge in [0, 0.05) is 0 Å². The highest BCUT2D eigenvalue weighted by molar-refractivity contribution is 6.33. The standard InChI is InChI=1S/C14H8ClFN2O2/c15-10-6-8(7-17)4-5-12(10)18-13-9(14(19)20)2-1-3-11(13)16/h1-6,18H,(H,19,20). The molecule has 0 aliphatic rings. The van der Waals surface area contributed by atoms with E-state index < -0.39 is 11.8 Å². The van der Waals surface area contributed by atoms with Gasteiger partial charge in [-0.1, -0.05) is 17.7 Å². The van der Waals surface area contributed by atoms with Crippen LogP contribution in [0.15, 0.2) is 36.4 Å². The zero-order valence-electron chi connectivity index (χ0n) is 10.0. The van der Waals surface area contributed by atoms with E-state index in [2.05, 4.69) is 5.32 Å². The topological polar surface area (TPSA) is 73.1 Å². The third-order valence-corrected chi connectivity index (χ3v) is 2.91. The van der Waals surface area contributed by atoms with E-state index in [9.17, 15) is 9.18 Å². The predicted octanol–water partition coefficient (Wildman–Crippen LogP) is 3.79. The summed E-state index contributed by atoms with van der Waals surface area (Å²) in [4.78, 5) is 11.1. The van der Waals surface area contributed by atoms with Crippen LogP contribution < -0.4 is 5.32 Å². The van der Waals surface area contributed by atoms with E-state index in [1.54, 1.807) is 0 Å². The summed E-state index contributed by atoms with van der Waals surface area (Å²) in [6.07, 6.45) is 0. The third kappa shape index (κ3) is 2.71. The number of anilines is 2. The van der Waals surface area contributed by atoms with Gasteiger partial charge < -0.3 is 10.4 Å². The summed E-state index contributed by atoms with van der Waals surface area (Å²) >= 11 is 5.96. The van der Waals surface area contributed by atoms with Crippen LogP contribution in [-0.2, 0) is 0 Å². The molecular weight excluding hydrogens is 283 g/mol. The molecule has 2 rings (SSSR count). The van der Waals surface area contributed by atoms with Crippen LogP contribution in [0.1, 0.15) is 15.9 Å². The first-order valence-corrected chi connectivity index (χ1v) is 5.89. The Morgan fingerprint density at radius 2 is 2.10 bits per heavy atom. The van der Waals surface area contributed by atoms with Crippen molar-refractivity contribution in [2.24, 2.45) is 0 Å². The molecule has 20 heavy (non-hydrogen) atoms. The molecular formula is C14H8ClFN2O2. The monoisotopic (exact) mass is 290 g/mol. The molecule has 0 atom stereocenters. The van der Waals surface area contributed by atoms with Crippen molar-refractivity contribution >= 4 is 28.9 Å². The van der Waals surface area contributed by atoms with Crippen LogP contribution in [0.25, 0.3) is 0 Å². The number of carboxylic acids is 1. The van der Waals surface area contributed by atoms with Crippen molar-refractivity contribution in [3.63, 3.8) is 0 Å². The number of aromatic carboxylic acids is 1. The maximum Gasteiger partial charge on any atom is 0.337 e. The normalized spacial score (nSPS) is 9.85. The summed E-state index contributed by atoms with van der Waals surface area (Å²) in [6.45, 7) is 0. The molecule has 0 radical (unpaired) electrons. The summed E-state index contributed by atoms with van der Waals surface area (Å²) in [5, 5.41) is 20.6. The number of benzene rings is 2. The minimum absolute atomic E-state index is 0.174. The average molecular weight is 291 g/mol. The van der Waals surface area contributed by atoms with Gasteiger partial charge in [0.25, 0.3) is 0 Å². The molecule has 4 nitrogen and oxygen atoms in total. The summed E-state index contributed by atoms with van der Waals surface area (Å²) in [6, 6.07) is 10.0. The highest BCUT2D eigenvalue weighted by Crippen LogP contribution is 2.29. The van der Waals surface area contributed by atoms with E-state index in [-0.39, 0.29) is 16.3 Å². The minimum atomic E-state index is -1.25. The molecule has 0 heterocycles. The van der Waals surface area contributed by atoms with Gasteiger partial charge in [0.15, 0.2) is 0 Å². The van der Waals surface area contributed by atoms with Gasteiger partial charge in [0.1, 0.15) is 5.82 Å². The Labute approximate surface area is 119 Å². The van der Waals surface area contributed by atoms with Gasteiger partial charge in [-0.05, 0) is 30.3 Å². The number of nitrogens with one attached hydrogen (secondary N) is 1. The second kappa shape index (κ2) is 5.59. The predicted molar refractivity (Wildman–Crippen MR) is 72.8 cm³/mol. The number of hydrogen-bond donors (Lipinski definition) is 2. The Morgan fingerprint density at radius 3 is 2.70 bits per heavy atom. The quantitative estimate of drug-likeness (QED) is 0.902. The SMILES string of the molecule is N#Cc1ccc(Nc2c(F)cccc2C(=O)O)c(Cl)c1. The van der Waals surface area contributed by atoms with Gasteiger partial charge >= 0.3 is 5.97 Å². The number of hydrogen-bond acceptors (Lipinski definition) is 3. The zero-order chi connectivity index (χ0) is 14.7. The number of nitrogens with zero attached hydrogens (tertiary/aromatic N) is 1. The molecule has 0 aliphatic heterocycles. The Hall–Kier alpha value is -2.58. The first-order chi connectivity index (χ1) is 9.52. The Balaban J connectivity index is 2.45. The molecule has 2 N–H and O–H groups in total. The van der Waals surface area contributed by atoms with Crippen LogP contribution in [0.5, 0.6) is 0 Å². The lowest BCUT2D eigenvalue weighted by Crippen LogP contribution is -2.05. The van der Waals surface area contributed by atoms with Gasteiger partial charge in [-0.15, -0.1) is 0 Å². The lowest BCUT2D eigenvalue weighted by Gasteiger charge is -2.12.